The molecule has 2 aromatic heterocycles. The number of likely N-dealkylation sites (tertiary alicyclic amines) is 1. The Balaban J connectivity index is 1.23. The third-order valence-electron chi connectivity index (χ3n) is 8.05. The van der Waals surface area contributed by atoms with Crippen LogP contribution in [-0.4, -0.2) is 70.7 Å². The molecule has 41 heavy (non-hydrogen) atoms. The molecular weight excluding hydrogens is 536 g/mol. The number of hydrogen-bond donors (Lipinski definition) is 3. The van der Waals surface area contributed by atoms with Gasteiger partial charge in [-0.05, 0) is 85.4 Å². The zero-order chi connectivity index (χ0) is 29.1. The Bertz CT molecular complexity index is 1560. The first kappa shape index (κ1) is 29.5. The van der Waals surface area contributed by atoms with Gasteiger partial charge in [-0.15, -0.1) is 0 Å². The molecule has 5 rings (SSSR count). The molecule has 0 spiro atoms. The Labute approximate surface area is 246 Å². The van der Waals surface area contributed by atoms with Crippen molar-refractivity contribution in [2.45, 2.75) is 58.5 Å². The summed E-state index contributed by atoms with van der Waals surface area (Å²) in [7, 11) is 2.13. The Kier molecular flexibility index (Phi) is 8.94. The summed E-state index contributed by atoms with van der Waals surface area (Å²) in [6, 6.07) is 11.6. The first-order chi connectivity index (χ1) is 19.6. The Morgan fingerprint density at radius 1 is 1.22 bits per heavy atom. The third kappa shape index (κ3) is 7.07. The van der Waals surface area contributed by atoms with E-state index in [1.165, 1.54) is 0 Å². The zero-order valence-electron chi connectivity index (χ0n) is 24.5. The normalized spacial score (nSPS) is 16.1. The van der Waals surface area contributed by atoms with E-state index in [2.05, 4.69) is 58.1 Å². The molecule has 0 unspecified atom stereocenters. The first-order valence-corrected chi connectivity index (χ1v) is 14.8. The van der Waals surface area contributed by atoms with Crippen LogP contribution in [0.3, 0.4) is 0 Å². The number of hydrogen-bond acceptors (Lipinski definition) is 6. The predicted molar refractivity (Wildman–Crippen MR) is 167 cm³/mol. The molecule has 1 aliphatic heterocycles. The van der Waals surface area contributed by atoms with E-state index in [9.17, 15) is 9.59 Å². The lowest BCUT2D eigenvalue weighted by molar-refractivity contribution is -0.109. The number of para-hydroxylation sites is 1. The molecule has 3 N–H and O–H groups in total. The van der Waals surface area contributed by atoms with Crippen molar-refractivity contribution in [3.63, 3.8) is 0 Å². The van der Waals surface area contributed by atoms with Crippen LogP contribution in [-0.2, 0) is 17.8 Å². The molecule has 1 aliphatic rings. The van der Waals surface area contributed by atoms with Gasteiger partial charge in [-0.2, -0.15) is 5.10 Å². The van der Waals surface area contributed by atoms with Crippen LogP contribution < -0.4 is 10.9 Å². The van der Waals surface area contributed by atoms with Gasteiger partial charge in [-0.1, -0.05) is 50.6 Å². The van der Waals surface area contributed by atoms with Gasteiger partial charge in [0.05, 0.1) is 22.8 Å². The number of aldehydes is 1. The number of aromatic amines is 2. The number of nitrogens with one attached hydrogen (secondary N) is 3. The molecule has 1 fully saturated rings. The lowest BCUT2D eigenvalue weighted by Crippen LogP contribution is -2.45. The zero-order valence-corrected chi connectivity index (χ0v) is 25.2. The minimum atomic E-state index is -0.344. The lowest BCUT2D eigenvalue weighted by atomic mass is 9.89. The second kappa shape index (κ2) is 12.4. The van der Waals surface area contributed by atoms with Crippen LogP contribution in [0.25, 0.3) is 21.8 Å². The molecule has 8 nitrogen and oxygen atoms in total. The van der Waals surface area contributed by atoms with Gasteiger partial charge in [0.25, 0.3) is 5.56 Å². The molecule has 218 valence electrons. The average molecular weight is 577 g/mol. The molecule has 1 saturated heterocycles. The number of piperidine rings is 1. The maximum atomic E-state index is 12.8. The number of fused-ring (bicyclic) bond motifs is 2. The van der Waals surface area contributed by atoms with Gasteiger partial charge >= 0.3 is 0 Å². The van der Waals surface area contributed by atoms with Crippen molar-refractivity contribution in [2.24, 2.45) is 5.41 Å². The summed E-state index contributed by atoms with van der Waals surface area (Å²) in [5, 5.41) is 13.4. The number of H-pyrrole nitrogens is 2. The summed E-state index contributed by atoms with van der Waals surface area (Å²) in [6.45, 7) is 10.7. The minimum absolute atomic E-state index is 0.0125. The standard InChI is InChI=1S/C32H41ClN6O2/c1-32(2,3)19-38(4)17-27-23(15-28(33)30-26(27)16-35-37-30)13-24(18-40)34-20-39-11-9-21(10-12-39)25-14-22-7-5-6-8-29(22)36-31(25)41/h5-8,14-16,18,21,24,34H,9-13,17,19-20H2,1-4H3,(H,35,37)(H,36,41)/t24-/m1/s1. The van der Waals surface area contributed by atoms with Crippen molar-refractivity contribution < 1.29 is 4.79 Å². The van der Waals surface area contributed by atoms with E-state index in [0.717, 1.165) is 83.8 Å². The first-order valence-electron chi connectivity index (χ1n) is 14.5. The van der Waals surface area contributed by atoms with Crippen molar-refractivity contribution >= 4 is 39.7 Å². The summed E-state index contributed by atoms with van der Waals surface area (Å²) in [4.78, 5) is 32.6. The van der Waals surface area contributed by atoms with Crippen LogP contribution in [0.2, 0.25) is 5.02 Å². The van der Waals surface area contributed by atoms with Gasteiger partial charge in [0, 0.05) is 36.2 Å². The summed E-state index contributed by atoms with van der Waals surface area (Å²) < 4.78 is 0. The number of carbonyl (C=O) groups excluding carboxylic acids is 1. The molecule has 1 atom stereocenters. The number of pyridine rings is 1. The lowest BCUT2D eigenvalue weighted by Gasteiger charge is -2.32. The molecule has 0 aliphatic carbocycles. The van der Waals surface area contributed by atoms with Crippen LogP contribution in [0.1, 0.15) is 56.2 Å². The van der Waals surface area contributed by atoms with Crippen molar-refractivity contribution in [1.82, 2.24) is 30.3 Å². The number of carbonyl (C=O) groups is 1. The second-order valence-corrected chi connectivity index (χ2v) is 13.1. The Hall–Kier alpha value is -3.04. The summed E-state index contributed by atoms with van der Waals surface area (Å²) in [5.41, 5.74) is 4.97. The monoisotopic (exact) mass is 576 g/mol. The highest BCUT2D eigenvalue weighted by atomic mass is 35.5. The molecule has 0 bridgehead atoms. The third-order valence-corrected chi connectivity index (χ3v) is 8.35. The van der Waals surface area contributed by atoms with Gasteiger partial charge < -0.3 is 14.7 Å². The van der Waals surface area contributed by atoms with Crippen molar-refractivity contribution in [1.29, 1.82) is 0 Å². The molecule has 2 aromatic carbocycles. The van der Waals surface area contributed by atoms with Gasteiger partial charge in [0.2, 0.25) is 0 Å². The van der Waals surface area contributed by atoms with Crippen LogP contribution in [0, 0.1) is 5.41 Å². The summed E-state index contributed by atoms with van der Waals surface area (Å²) in [6.07, 6.45) is 5.19. The van der Waals surface area contributed by atoms with E-state index in [1.54, 1.807) is 0 Å². The maximum Gasteiger partial charge on any atom is 0.251 e. The summed E-state index contributed by atoms with van der Waals surface area (Å²) in [5.74, 6) is 0.234. The van der Waals surface area contributed by atoms with Crippen molar-refractivity contribution in [2.75, 3.05) is 33.4 Å². The van der Waals surface area contributed by atoms with E-state index in [1.807, 2.05) is 42.6 Å². The van der Waals surface area contributed by atoms with E-state index >= 15 is 0 Å². The fraction of sp³-hybridized carbons (Fsp3) is 0.469. The average Bonchev–Trinajstić information content (AvgIpc) is 3.43. The number of halogens is 1. The van der Waals surface area contributed by atoms with E-state index in [0.29, 0.717) is 18.1 Å². The van der Waals surface area contributed by atoms with E-state index in [4.69, 9.17) is 11.6 Å². The van der Waals surface area contributed by atoms with Crippen molar-refractivity contribution in [3.8, 4) is 0 Å². The van der Waals surface area contributed by atoms with Crippen molar-refractivity contribution in [3.05, 3.63) is 74.7 Å². The molecule has 0 radical (unpaired) electrons. The second-order valence-electron chi connectivity index (χ2n) is 12.7. The van der Waals surface area contributed by atoms with E-state index < -0.39 is 0 Å². The number of aromatic nitrogens is 3. The largest absolute Gasteiger partial charge is 0.322 e. The quantitative estimate of drug-likeness (QED) is 0.228. The fourth-order valence-electron chi connectivity index (χ4n) is 6.21. The van der Waals surface area contributed by atoms with Crippen LogP contribution >= 0.6 is 11.6 Å². The number of nitrogens with zero attached hydrogens (tertiary/aromatic N) is 3. The molecule has 4 aromatic rings. The van der Waals surface area contributed by atoms with Gasteiger partial charge in [0.1, 0.15) is 6.29 Å². The van der Waals surface area contributed by atoms with Crippen LogP contribution in [0.5, 0.6) is 0 Å². The number of rotatable bonds is 10. The summed E-state index contributed by atoms with van der Waals surface area (Å²) >= 11 is 6.63. The molecule has 9 heteroatoms. The van der Waals surface area contributed by atoms with Gasteiger partial charge in [-0.3, -0.25) is 20.1 Å². The van der Waals surface area contributed by atoms with Crippen LogP contribution in [0.4, 0.5) is 0 Å². The molecule has 0 saturated carbocycles. The van der Waals surface area contributed by atoms with Gasteiger partial charge in [0.15, 0.2) is 0 Å². The Morgan fingerprint density at radius 3 is 2.71 bits per heavy atom. The maximum absolute atomic E-state index is 12.8. The van der Waals surface area contributed by atoms with Gasteiger partial charge in [-0.25, -0.2) is 0 Å². The van der Waals surface area contributed by atoms with E-state index in [-0.39, 0.29) is 22.9 Å². The molecule has 3 heterocycles. The minimum Gasteiger partial charge on any atom is -0.322 e. The van der Waals surface area contributed by atoms with Crippen LogP contribution in [0.15, 0.2) is 47.4 Å². The fourth-order valence-corrected chi connectivity index (χ4v) is 6.48. The number of benzene rings is 2. The molecular formula is C32H41ClN6O2. The highest BCUT2D eigenvalue weighted by Gasteiger charge is 2.24. The SMILES string of the molecule is CN(Cc1c(C[C@H](C=O)NCN2CCC(c3cc4ccccc4[nH]c3=O)CC2)cc(Cl)c2[nH]ncc12)CC(C)(C)C. The smallest absolute Gasteiger partial charge is 0.251 e. The highest BCUT2D eigenvalue weighted by Crippen LogP contribution is 2.31. The highest BCUT2D eigenvalue weighted by molar-refractivity contribution is 6.35. The Morgan fingerprint density at radius 2 is 1.98 bits per heavy atom. The molecule has 0 amide bonds. The topological polar surface area (TPSA) is 97.1 Å². The predicted octanol–water partition coefficient (Wildman–Crippen LogP) is 5.07.